The lowest BCUT2D eigenvalue weighted by molar-refractivity contribution is -0.0862. The molecule has 4 nitrogen and oxygen atoms in total. The fourth-order valence-electron chi connectivity index (χ4n) is 1.70. The molecule has 0 bridgehead atoms. The molecular formula is C12H18N2O2. The molecule has 16 heavy (non-hydrogen) atoms. The summed E-state index contributed by atoms with van der Waals surface area (Å²) < 4.78 is 10.9. The van der Waals surface area contributed by atoms with Gasteiger partial charge in [-0.1, -0.05) is 6.07 Å². The monoisotopic (exact) mass is 222 g/mol. The molecule has 4 heteroatoms. The molecule has 1 aromatic heterocycles. The van der Waals surface area contributed by atoms with Gasteiger partial charge >= 0.3 is 0 Å². The molecule has 1 atom stereocenters. The van der Waals surface area contributed by atoms with E-state index in [0.717, 1.165) is 32.7 Å². The summed E-state index contributed by atoms with van der Waals surface area (Å²) in [4.78, 5) is 4.08. The molecule has 88 valence electrons. The molecule has 2 heterocycles. The maximum atomic E-state index is 5.53. The Morgan fingerprint density at radius 2 is 2.44 bits per heavy atom. The standard InChI is InChI=1S/C12H18N2O2/c1-2-11(8-13-4-1)3-5-14-9-12-10-15-6-7-16-12/h1-2,4,8,12,14H,3,5-7,9-10H2. The molecule has 1 N–H and O–H groups in total. The van der Waals surface area contributed by atoms with Crippen LogP contribution < -0.4 is 5.32 Å². The third-order valence-corrected chi connectivity index (χ3v) is 2.57. The molecule has 0 spiro atoms. The predicted molar refractivity (Wildman–Crippen MR) is 61.4 cm³/mol. The Labute approximate surface area is 96.0 Å². The zero-order valence-electron chi connectivity index (χ0n) is 9.39. The summed E-state index contributed by atoms with van der Waals surface area (Å²) in [6.07, 6.45) is 4.91. The van der Waals surface area contributed by atoms with Crippen molar-refractivity contribution in [1.82, 2.24) is 10.3 Å². The van der Waals surface area contributed by atoms with E-state index in [9.17, 15) is 0 Å². The molecule has 1 unspecified atom stereocenters. The average molecular weight is 222 g/mol. The van der Waals surface area contributed by atoms with Crippen LogP contribution in [0.1, 0.15) is 5.56 Å². The Balaban J connectivity index is 1.58. The first-order valence-corrected chi connectivity index (χ1v) is 5.74. The van der Waals surface area contributed by atoms with Crippen molar-refractivity contribution in [3.8, 4) is 0 Å². The fraction of sp³-hybridized carbons (Fsp3) is 0.583. The second-order valence-corrected chi connectivity index (χ2v) is 3.88. The Hall–Kier alpha value is -0.970. The fourth-order valence-corrected chi connectivity index (χ4v) is 1.70. The lowest BCUT2D eigenvalue weighted by Gasteiger charge is -2.23. The molecule has 1 aliphatic rings. The van der Waals surface area contributed by atoms with E-state index >= 15 is 0 Å². The zero-order chi connectivity index (χ0) is 11.1. The minimum atomic E-state index is 0.211. The van der Waals surface area contributed by atoms with Crippen LogP contribution in [0.2, 0.25) is 0 Å². The number of aromatic nitrogens is 1. The van der Waals surface area contributed by atoms with Crippen molar-refractivity contribution in [1.29, 1.82) is 0 Å². The summed E-state index contributed by atoms with van der Waals surface area (Å²) in [6, 6.07) is 4.06. The minimum absolute atomic E-state index is 0.211. The largest absolute Gasteiger partial charge is 0.376 e. The SMILES string of the molecule is c1cncc(CCNCC2COCCO2)c1. The van der Waals surface area contributed by atoms with Gasteiger partial charge in [-0.05, 0) is 24.6 Å². The van der Waals surface area contributed by atoms with E-state index in [1.165, 1.54) is 5.56 Å². The van der Waals surface area contributed by atoms with Gasteiger partial charge in [0.15, 0.2) is 0 Å². The van der Waals surface area contributed by atoms with Gasteiger partial charge < -0.3 is 14.8 Å². The van der Waals surface area contributed by atoms with Gasteiger partial charge in [-0.3, -0.25) is 4.98 Å². The lowest BCUT2D eigenvalue weighted by atomic mass is 10.2. The van der Waals surface area contributed by atoms with E-state index in [1.807, 2.05) is 12.3 Å². The summed E-state index contributed by atoms with van der Waals surface area (Å²) in [7, 11) is 0. The van der Waals surface area contributed by atoms with Crippen molar-refractivity contribution in [2.24, 2.45) is 0 Å². The third-order valence-electron chi connectivity index (χ3n) is 2.57. The first-order valence-electron chi connectivity index (χ1n) is 5.74. The quantitative estimate of drug-likeness (QED) is 0.742. The molecule has 0 amide bonds. The second-order valence-electron chi connectivity index (χ2n) is 3.88. The number of rotatable bonds is 5. The normalized spacial score (nSPS) is 20.9. The van der Waals surface area contributed by atoms with Gasteiger partial charge in [0.2, 0.25) is 0 Å². The summed E-state index contributed by atoms with van der Waals surface area (Å²) >= 11 is 0. The van der Waals surface area contributed by atoms with Crippen LogP contribution >= 0.6 is 0 Å². The van der Waals surface area contributed by atoms with Crippen LogP contribution in [0.3, 0.4) is 0 Å². The molecule has 1 saturated heterocycles. The molecule has 2 rings (SSSR count). The summed E-state index contributed by atoms with van der Waals surface area (Å²) in [5, 5.41) is 3.37. The minimum Gasteiger partial charge on any atom is -0.376 e. The number of nitrogens with one attached hydrogen (secondary N) is 1. The molecule has 0 aromatic carbocycles. The molecule has 1 aromatic rings. The van der Waals surface area contributed by atoms with Crippen molar-refractivity contribution < 1.29 is 9.47 Å². The van der Waals surface area contributed by atoms with Gasteiger partial charge in [-0.25, -0.2) is 0 Å². The average Bonchev–Trinajstić information content (AvgIpc) is 2.37. The van der Waals surface area contributed by atoms with E-state index in [2.05, 4.69) is 16.4 Å². The highest BCUT2D eigenvalue weighted by molar-refractivity contribution is 5.08. The predicted octanol–water partition coefficient (Wildman–Crippen LogP) is 0.629. The highest BCUT2D eigenvalue weighted by atomic mass is 16.6. The van der Waals surface area contributed by atoms with E-state index < -0.39 is 0 Å². The van der Waals surface area contributed by atoms with Gasteiger partial charge in [0.05, 0.1) is 25.9 Å². The van der Waals surface area contributed by atoms with Crippen molar-refractivity contribution in [2.45, 2.75) is 12.5 Å². The van der Waals surface area contributed by atoms with Crippen molar-refractivity contribution in [3.05, 3.63) is 30.1 Å². The van der Waals surface area contributed by atoms with Gasteiger partial charge in [0.1, 0.15) is 0 Å². The number of hydrogen-bond donors (Lipinski definition) is 1. The zero-order valence-corrected chi connectivity index (χ0v) is 9.39. The highest BCUT2D eigenvalue weighted by Gasteiger charge is 2.12. The van der Waals surface area contributed by atoms with E-state index in [0.29, 0.717) is 6.61 Å². The lowest BCUT2D eigenvalue weighted by Crippen LogP contribution is -2.38. The van der Waals surface area contributed by atoms with Gasteiger partial charge in [0.25, 0.3) is 0 Å². The number of pyridine rings is 1. The highest BCUT2D eigenvalue weighted by Crippen LogP contribution is 1.99. The molecule has 0 radical (unpaired) electrons. The van der Waals surface area contributed by atoms with Crippen LogP contribution in [0, 0.1) is 0 Å². The van der Waals surface area contributed by atoms with E-state index in [1.54, 1.807) is 6.20 Å². The Morgan fingerprint density at radius 1 is 1.44 bits per heavy atom. The van der Waals surface area contributed by atoms with E-state index in [-0.39, 0.29) is 6.10 Å². The Morgan fingerprint density at radius 3 is 3.19 bits per heavy atom. The molecule has 1 aliphatic heterocycles. The smallest absolute Gasteiger partial charge is 0.0933 e. The first kappa shape index (κ1) is 11.5. The van der Waals surface area contributed by atoms with Crippen molar-refractivity contribution in [3.63, 3.8) is 0 Å². The number of ether oxygens (including phenoxy) is 2. The van der Waals surface area contributed by atoms with Crippen LogP contribution in [-0.2, 0) is 15.9 Å². The second kappa shape index (κ2) is 6.58. The van der Waals surface area contributed by atoms with Crippen LogP contribution in [0.4, 0.5) is 0 Å². The van der Waals surface area contributed by atoms with Gasteiger partial charge in [0, 0.05) is 18.9 Å². The first-order chi connectivity index (χ1) is 7.95. The summed E-state index contributed by atoms with van der Waals surface area (Å²) in [5.74, 6) is 0. The van der Waals surface area contributed by atoms with Gasteiger partial charge in [-0.15, -0.1) is 0 Å². The van der Waals surface area contributed by atoms with Crippen LogP contribution in [0.15, 0.2) is 24.5 Å². The van der Waals surface area contributed by atoms with Crippen LogP contribution in [-0.4, -0.2) is 44.0 Å². The topological polar surface area (TPSA) is 43.4 Å². The summed E-state index contributed by atoms with van der Waals surface area (Å²) in [5.41, 5.74) is 1.26. The maximum absolute atomic E-state index is 5.53. The van der Waals surface area contributed by atoms with Gasteiger partial charge in [-0.2, -0.15) is 0 Å². The summed E-state index contributed by atoms with van der Waals surface area (Å²) in [6.45, 7) is 3.97. The van der Waals surface area contributed by atoms with Crippen LogP contribution in [0.25, 0.3) is 0 Å². The van der Waals surface area contributed by atoms with Crippen LogP contribution in [0.5, 0.6) is 0 Å². The number of nitrogens with zero attached hydrogens (tertiary/aromatic N) is 1. The van der Waals surface area contributed by atoms with E-state index in [4.69, 9.17) is 9.47 Å². The van der Waals surface area contributed by atoms with Crippen molar-refractivity contribution in [2.75, 3.05) is 32.9 Å². The molecule has 0 saturated carbocycles. The van der Waals surface area contributed by atoms with Crippen molar-refractivity contribution >= 4 is 0 Å². The Kier molecular flexibility index (Phi) is 4.73. The molecule has 0 aliphatic carbocycles. The molecular weight excluding hydrogens is 204 g/mol. The maximum Gasteiger partial charge on any atom is 0.0933 e. The Bertz CT molecular complexity index is 286. The number of hydrogen-bond acceptors (Lipinski definition) is 4. The molecule has 1 fully saturated rings. The third kappa shape index (κ3) is 3.89.